The van der Waals surface area contributed by atoms with Gasteiger partial charge in [-0.05, 0) is 54.3 Å². The molecule has 0 aliphatic carbocycles. The Morgan fingerprint density at radius 3 is 2.68 bits per heavy atom. The van der Waals surface area contributed by atoms with Crippen molar-refractivity contribution in [3.63, 3.8) is 0 Å². The number of hydrogen-bond donors (Lipinski definition) is 1. The molecule has 1 amide bonds. The van der Waals surface area contributed by atoms with E-state index < -0.39 is 17.7 Å². The van der Waals surface area contributed by atoms with E-state index in [2.05, 4.69) is 0 Å². The molecule has 0 spiro atoms. The van der Waals surface area contributed by atoms with Crippen LogP contribution in [0.25, 0.3) is 5.76 Å². The molecule has 0 bridgehead atoms. The fourth-order valence-electron chi connectivity index (χ4n) is 4.56. The van der Waals surface area contributed by atoms with Crippen molar-refractivity contribution in [1.29, 1.82) is 0 Å². The maximum Gasteiger partial charge on any atom is 0.295 e. The monoisotopic (exact) mass is 439 g/mol. The fourth-order valence-corrected chi connectivity index (χ4v) is 4.68. The van der Waals surface area contributed by atoms with Gasteiger partial charge in [-0.1, -0.05) is 23.7 Å². The van der Waals surface area contributed by atoms with Crippen molar-refractivity contribution in [2.45, 2.75) is 31.4 Å². The molecule has 2 saturated heterocycles. The molecule has 160 valence electrons. The number of aliphatic hydroxyl groups excluding tert-OH is 1. The van der Waals surface area contributed by atoms with Crippen LogP contribution in [0.4, 0.5) is 0 Å². The molecule has 2 atom stereocenters. The summed E-state index contributed by atoms with van der Waals surface area (Å²) in [6.07, 6.45) is 2.38. The Bertz CT molecular complexity index is 1070. The predicted molar refractivity (Wildman–Crippen MR) is 115 cm³/mol. The first kappa shape index (κ1) is 20.1. The number of aliphatic hydroxyl groups is 1. The maximum absolute atomic E-state index is 13.1. The third-order valence-corrected chi connectivity index (χ3v) is 6.36. The van der Waals surface area contributed by atoms with Gasteiger partial charge in [-0.15, -0.1) is 0 Å². The first-order valence-corrected chi connectivity index (χ1v) is 10.8. The highest BCUT2D eigenvalue weighted by atomic mass is 35.5. The fraction of sp³-hybridized carbons (Fsp3) is 0.333. The molecule has 5 rings (SSSR count). The average Bonchev–Trinajstić information content (AvgIpc) is 3.51. The number of halogens is 1. The van der Waals surface area contributed by atoms with E-state index in [9.17, 15) is 14.7 Å². The second-order valence-corrected chi connectivity index (χ2v) is 8.50. The summed E-state index contributed by atoms with van der Waals surface area (Å²) in [5.41, 5.74) is 2.27. The van der Waals surface area contributed by atoms with E-state index in [1.54, 1.807) is 36.4 Å². The van der Waals surface area contributed by atoms with Gasteiger partial charge in [-0.2, -0.15) is 0 Å². The Morgan fingerprint density at radius 1 is 1.13 bits per heavy atom. The molecule has 2 unspecified atom stereocenters. The zero-order chi connectivity index (χ0) is 21.5. The van der Waals surface area contributed by atoms with Gasteiger partial charge < -0.3 is 19.5 Å². The molecule has 6 nitrogen and oxygen atoms in total. The van der Waals surface area contributed by atoms with Gasteiger partial charge in [0, 0.05) is 30.2 Å². The molecule has 1 N–H and O–H groups in total. The second-order valence-electron chi connectivity index (χ2n) is 8.06. The highest BCUT2D eigenvalue weighted by Gasteiger charge is 2.47. The van der Waals surface area contributed by atoms with E-state index >= 15 is 0 Å². The zero-order valence-corrected chi connectivity index (χ0v) is 17.6. The number of hydrogen-bond acceptors (Lipinski definition) is 5. The highest BCUT2D eigenvalue weighted by molar-refractivity contribution is 6.46. The van der Waals surface area contributed by atoms with Crippen molar-refractivity contribution < 1.29 is 24.2 Å². The Balaban J connectivity index is 1.60. The molecule has 2 fully saturated rings. The van der Waals surface area contributed by atoms with Crippen molar-refractivity contribution in [2.75, 3.05) is 19.8 Å². The average molecular weight is 440 g/mol. The molecular weight excluding hydrogens is 418 g/mol. The van der Waals surface area contributed by atoms with Crippen LogP contribution in [0.2, 0.25) is 5.02 Å². The van der Waals surface area contributed by atoms with E-state index in [1.807, 2.05) is 6.07 Å². The topological polar surface area (TPSA) is 76.1 Å². The summed E-state index contributed by atoms with van der Waals surface area (Å²) in [6.45, 7) is 1.54. The lowest BCUT2D eigenvalue weighted by atomic mass is 9.94. The van der Waals surface area contributed by atoms with E-state index in [0.29, 0.717) is 35.9 Å². The molecule has 2 aromatic carbocycles. The molecule has 0 radical (unpaired) electrons. The van der Waals surface area contributed by atoms with Crippen molar-refractivity contribution in [2.24, 2.45) is 0 Å². The van der Waals surface area contributed by atoms with E-state index in [4.69, 9.17) is 21.1 Å². The Labute approximate surface area is 185 Å². The van der Waals surface area contributed by atoms with Gasteiger partial charge in [0.2, 0.25) is 0 Å². The first-order valence-electron chi connectivity index (χ1n) is 10.4. The lowest BCUT2D eigenvalue weighted by Gasteiger charge is -2.27. The highest BCUT2D eigenvalue weighted by Crippen LogP contribution is 2.41. The van der Waals surface area contributed by atoms with Crippen LogP contribution in [-0.4, -0.2) is 47.6 Å². The SMILES string of the molecule is O=C1C(=O)N(CC2CCCO2)C(c2ccc(Cl)cc2)/C1=C(/O)c1ccc2c(c1)CCO2. The summed E-state index contributed by atoms with van der Waals surface area (Å²) in [5, 5.41) is 11.7. The standard InChI is InChI=1S/C24H22ClNO5/c25-17-6-3-14(4-7-17)21-20(22(27)16-5-8-19-15(12-16)9-11-31-19)23(28)24(29)26(21)13-18-2-1-10-30-18/h3-8,12,18,21,27H,1-2,9-11,13H2/b22-20-. The summed E-state index contributed by atoms with van der Waals surface area (Å²) < 4.78 is 11.3. The van der Waals surface area contributed by atoms with Gasteiger partial charge >= 0.3 is 0 Å². The molecule has 0 saturated carbocycles. The number of nitrogens with zero attached hydrogens (tertiary/aromatic N) is 1. The summed E-state index contributed by atoms with van der Waals surface area (Å²) in [6, 6.07) is 11.6. The Morgan fingerprint density at radius 2 is 1.94 bits per heavy atom. The second kappa shape index (κ2) is 8.02. The summed E-state index contributed by atoms with van der Waals surface area (Å²) in [5.74, 6) is -0.707. The minimum absolute atomic E-state index is 0.0872. The van der Waals surface area contributed by atoms with Crippen LogP contribution >= 0.6 is 11.6 Å². The normalized spacial score (nSPS) is 24.5. The Kier molecular flexibility index (Phi) is 5.20. The number of carbonyl (C=O) groups excluding carboxylic acids is 2. The molecule has 31 heavy (non-hydrogen) atoms. The summed E-state index contributed by atoms with van der Waals surface area (Å²) >= 11 is 6.06. The molecular formula is C24H22ClNO5. The van der Waals surface area contributed by atoms with Gasteiger partial charge in [-0.25, -0.2) is 0 Å². The van der Waals surface area contributed by atoms with Crippen LogP contribution in [0.5, 0.6) is 5.75 Å². The number of rotatable bonds is 4. The number of ether oxygens (including phenoxy) is 2. The smallest absolute Gasteiger partial charge is 0.295 e. The largest absolute Gasteiger partial charge is 0.507 e. The van der Waals surface area contributed by atoms with Crippen molar-refractivity contribution in [1.82, 2.24) is 4.90 Å². The maximum atomic E-state index is 13.1. The lowest BCUT2D eigenvalue weighted by Crippen LogP contribution is -2.36. The number of ketones is 1. The van der Waals surface area contributed by atoms with Crippen LogP contribution in [0, 0.1) is 0 Å². The number of benzene rings is 2. The van der Waals surface area contributed by atoms with Crippen molar-refractivity contribution >= 4 is 29.1 Å². The molecule has 2 aromatic rings. The van der Waals surface area contributed by atoms with E-state index in [0.717, 1.165) is 30.6 Å². The number of amides is 1. The first-order chi connectivity index (χ1) is 15.0. The van der Waals surface area contributed by atoms with Gasteiger partial charge in [0.25, 0.3) is 11.7 Å². The van der Waals surface area contributed by atoms with Crippen LogP contribution in [-0.2, 0) is 20.7 Å². The third kappa shape index (κ3) is 3.60. The van der Waals surface area contributed by atoms with Crippen molar-refractivity contribution in [3.8, 4) is 5.75 Å². The predicted octanol–water partition coefficient (Wildman–Crippen LogP) is 3.88. The van der Waals surface area contributed by atoms with Gasteiger partial charge in [0.05, 0.1) is 24.3 Å². The van der Waals surface area contributed by atoms with Gasteiger partial charge in [0.1, 0.15) is 11.5 Å². The minimum atomic E-state index is -0.703. The molecule has 7 heteroatoms. The molecule has 3 aliphatic heterocycles. The van der Waals surface area contributed by atoms with Crippen LogP contribution in [0.15, 0.2) is 48.0 Å². The molecule has 0 aromatic heterocycles. The van der Waals surface area contributed by atoms with Gasteiger partial charge in [0.15, 0.2) is 0 Å². The molecule has 3 heterocycles. The molecule has 3 aliphatic rings. The summed E-state index contributed by atoms with van der Waals surface area (Å²) in [4.78, 5) is 27.6. The lowest BCUT2D eigenvalue weighted by molar-refractivity contribution is -0.140. The van der Waals surface area contributed by atoms with Crippen molar-refractivity contribution in [3.05, 3.63) is 69.8 Å². The quantitative estimate of drug-likeness (QED) is 0.444. The minimum Gasteiger partial charge on any atom is -0.507 e. The van der Waals surface area contributed by atoms with E-state index in [1.165, 1.54) is 4.90 Å². The van der Waals surface area contributed by atoms with Crippen LogP contribution in [0.3, 0.4) is 0 Å². The van der Waals surface area contributed by atoms with Gasteiger partial charge in [-0.3, -0.25) is 9.59 Å². The number of Topliss-reactive ketones (excluding diaryl/α,β-unsaturated/α-hetero) is 1. The van der Waals surface area contributed by atoms with Crippen LogP contribution in [0.1, 0.15) is 35.6 Å². The zero-order valence-electron chi connectivity index (χ0n) is 16.8. The van der Waals surface area contributed by atoms with Crippen LogP contribution < -0.4 is 4.74 Å². The number of likely N-dealkylation sites (tertiary alicyclic amines) is 1. The van der Waals surface area contributed by atoms with E-state index in [-0.39, 0.29) is 17.4 Å². The third-order valence-electron chi connectivity index (χ3n) is 6.11. The number of carbonyl (C=O) groups is 2. The Hall–Kier alpha value is -2.83. The number of fused-ring (bicyclic) bond motifs is 1. The summed E-state index contributed by atoms with van der Waals surface area (Å²) in [7, 11) is 0.